The lowest BCUT2D eigenvalue weighted by atomic mass is 10.2. The average molecular weight is 323 g/mol. The predicted molar refractivity (Wildman–Crippen MR) is 89.6 cm³/mol. The molecule has 6 heteroatoms. The second kappa shape index (κ2) is 8.70. The molecule has 0 aromatic carbocycles. The minimum Gasteiger partial charge on any atom is -0.481 e. The van der Waals surface area contributed by atoms with E-state index >= 15 is 0 Å². The van der Waals surface area contributed by atoms with E-state index in [2.05, 4.69) is 18.9 Å². The van der Waals surface area contributed by atoms with Crippen molar-refractivity contribution < 1.29 is 14.7 Å². The summed E-state index contributed by atoms with van der Waals surface area (Å²) >= 11 is 0. The Morgan fingerprint density at radius 3 is 2.39 bits per heavy atom. The number of amides is 1. The van der Waals surface area contributed by atoms with E-state index in [0.29, 0.717) is 12.2 Å². The maximum absolute atomic E-state index is 12.7. The Balaban J connectivity index is 2.98. The minimum absolute atomic E-state index is 0.0509. The normalized spacial score (nSPS) is 11.3. The highest BCUT2D eigenvalue weighted by Crippen LogP contribution is 2.19. The van der Waals surface area contributed by atoms with E-state index in [-0.39, 0.29) is 30.8 Å². The van der Waals surface area contributed by atoms with E-state index < -0.39 is 5.97 Å². The second-order valence-electron chi connectivity index (χ2n) is 6.37. The molecule has 1 aromatic rings. The van der Waals surface area contributed by atoms with Crippen LogP contribution in [0, 0.1) is 12.8 Å². The van der Waals surface area contributed by atoms with E-state index in [1.807, 2.05) is 25.5 Å². The van der Waals surface area contributed by atoms with Crippen molar-refractivity contribution in [3.05, 3.63) is 17.5 Å². The zero-order chi connectivity index (χ0) is 17.6. The summed E-state index contributed by atoms with van der Waals surface area (Å²) in [6.45, 7) is 10.9. The van der Waals surface area contributed by atoms with Crippen LogP contribution in [0.1, 0.15) is 69.2 Å². The van der Waals surface area contributed by atoms with E-state index in [9.17, 15) is 9.59 Å². The highest BCUT2D eigenvalue weighted by Gasteiger charge is 2.22. The molecule has 0 unspecified atom stereocenters. The van der Waals surface area contributed by atoms with Gasteiger partial charge >= 0.3 is 5.97 Å². The van der Waals surface area contributed by atoms with Crippen LogP contribution in [0.5, 0.6) is 0 Å². The first-order valence-electron chi connectivity index (χ1n) is 8.37. The molecule has 0 atom stereocenters. The highest BCUT2D eigenvalue weighted by molar-refractivity contribution is 5.92. The van der Waals surface area contributed by atoms with Gasteiger partial charge in [0, 0.05) is 18.8 Å². The Morgan fingerprint density at radius 1 is 1.30 bits per heavy atom. The molecule has 1 aromatic heterocycles. The molecule has 0 fully saturated rings. The Morgan fingerprint density at radius 2 is 1.91 bits per heavy atom. The van der Waals surface area contributed by atoms with Gasteiger partial charge in [0.15, 0.2) is 5.69 Å². The van der Waals surface area contributed by atoms with Crippen molar-refractivity contribution in [2.75, 3.05) is 13.1 Å². The number of aryl methyl sites for hydroxylation is 1. The summed E-state index contributed by atoms with van der Waals surface area (Å²) in [5, 5.41) is 13.4. The van der Waals surface area contributed by atoms with Gasteiger partial charge in [0.05, 0.1) is 12.5 Å². The van der Waals surface area contributed by atoms with Crippen molar-refractivity contribution >= 4 is 11.9 Å². The van der Waals surface area contributed by atoms with Crippen LogP contribution in [0.25, 0.3) is 0 Å². The summed E-state index contributed by atoms with van der Waals surface area (Å²) in [6.07, 6.45) is 1.87. The lowest BCUT2D eigenvalue weighted by Crippen LogP contribution is -2.36. The quantitative estimate of drug-likeness (QED) is 0.757. The SMILES string of the molecule is CCC(CC)n1nc(C(=O)N(CCC(=O)O)CC(C)C)cc1C. The number of rotatable bonds is 9. The number of hydrogen-bond donors (Lipinski definition) is 1. The van der Waals surface area contributed by atoms with Crippen LogP contribution in [-0.2, 0) is 4.79 Å². The number of hydrogen-bond acceptors (Lipinski definition) is 3. The van der Waals surface area contributed by atoms with Crippen LogP contribution in [0.4, 0.5) is 0 Å². The molecule has 1 amide bonds. The fraction of sp³-hybridized carbons (Fsp3) is 0.706. The molecule has 1 rings (SSSR count). The summed E-state index contributed by atoms with van der Waals surface area (Å²) in [5.41, 5.74) is 1.37. The maximum Gasteiger partial charge on any atom is 0.305 e. The minimum atomic E-state index is -0.898. The first kappa shape index (κ1) is 19.2. The van der Waals surface area contributed by atoms with Gasteiger partial charge in [0.2, 0.25) is 0 Å². The van der Waals surface area contributed by atoms with E-state index in [4.69, 9.17) is 5.11 Å². The fourth-order valence-corrected chi connectivity index (χ4v) is 2.71. The van der Waals surface area contributed by atoms with Crippen LogP contribution < -0.4 is 0 Å². The van der Waals surface area contributed by atoms with E-state index in [0.717, 1.165) is 18.5 Å². The fourth-order valence-electron chi connectivity index (χ4n) is 2.71. The van der Waals surface area contributed by atoms with Crippen LogP contribution in [0.15, 0.2) is 6.07 Å². The number of carboxylic acids is 1. The lowest BCUT2D eigenvalue weighted by Gasteiger charge is -2.23. The first-order chi connectivity index (χ1) is 10.8. The largest absolute Gasteiger partial charge is 0.481 e. The van der Waals surface area contributed by atoms with Crippen molar-refractivity contribution in [3.63, 3.8) is 0 Å². The van der Waals surface area contributed by atoms with E-state index in [1.165, 1.54) is 0 Å². The van der Waals surface area contributed by atoms with Gasteiger partial charge in [0.1, 0.15) is 0 Å². The molecule has 0 radical (unpaired) electrons. The highest BCUT2D eigenvalue weighted by atomic mass is 16.4. The average Bonchev–Trinajstić information content (AvgIpc) is 2.86. The molecule has 0 spiro atoms. The molecule has 130 valence electrons. The Labute approximate surface area is 138 Å². The zero-order valence-electron chi connectivity index (χ0n) is 14.9. The molecule has 1 N–H and O–H groups in total. The molecule has 0 bridgehead atoms. The summed E-state index contributed by atoms with van der Waals surface area (Å²) in [4.78, 5) is 25.1. The molecule has 0 aliphatic carbocycles. The number of carbonyl (C=O) groups is 2. The van der Waals surface area contributed by atoms with Gasteiger partial charge in [-0.2, -0.15) is 5.10 Å². The van der Waals surface area contributed by atoms with Crippen molar-refractivity contribution in [2.24, 2.45) is 5.92 Å². The Kier molecular flexibility index (Phi) is 7.26. The van der Waals surface area contributed by atoms with Gasteiger partial charge in [-0.25, -0.2) is 0 Å². The van der Waals surface area contributed by atoms with Crippen molar-refractivity contribution in [1.82, 2.24) is 14.7 Å². The van der Waals surface area contributed by atoms with Crippen molar-refractivity contribution in [2.45, 2.75) is 59.9 Å². The lowest BCUT2D eigenvalue weighted by molar-refractivity contribution is -0.137. The van der Waals surface area contributed by atoms with Crippen LogP contribution in [0.3, 0.4) is 0 Å². The topological polar surface area (TPSA) is 75.4 Å². The van der Waals surface area contributed by atoms with Gasteiger partial charge < -0.3 is 10.0 Å². The third-order valence-electron chi connectivity index (χ3n) is 3.90. The smallest absolute Gasteiger partial charge is 0.305 e. The summed E-state index contributed by atoms with van der Waals surface area (Å²) in [5.74, 6) is -0.812. The summed E-state index contributed by atoms with van der Waals surface area (Å²) in [6, 6.07) is 2.09. The number of carboxylic acid groups (broad SMARTS) is 1. The summed E-state index contributed by atoms with van der Waals surface area (Å²) in [7, 11) is 0. The molecule has 0 aliphatic heterocycles. The third kappa shape index (κ3) is 5.37. The summed E-state index contributed by atoms with van der Waals surface area (Å²) < 4.78 is 1.91. The Hall–Kier alpha value is -1.85. The zero-order valence-corrected chi connectivity index (χ0v) is 14.9. The molecule has 1 heterocycles. The molecular formula is C17H29N3O3. The van der Waals surface area contributed by atoms with Gasteiger partial charge in [-0.1, -0.05) is 27.7 Å². The van der Waals surface area contributed by atoms with Gasteiger partial charge in [-0.15, -0.1) is 0 Å². The van der Waals surface area contributed by atoms with Crippen LogP contribution >= 0.6 is 0 Å². The monoisotopic (exact) mass is 323 g/mol. The molecule has 0 saturated heterocycles. The van der Waals surface area contributed by atoms with Gasteiger partial charge in [-0.3, -0.25) is 14.3 Å². The van der Waals surface area contributed by atoms with Crippen molar-refractivity contribution in [1.29, 1.82) is 0 Å². The van der Waals surface area contributed by atoms with Crippen LogP contribution in [0.2, 0.25) is 0 Å². The number of carbonyl (C=O) groups excluding carboxylic acids is 1. The predicted octanol–water partition coefficient (Wildman–Crippen LogP) is 3.13. The number of nitrogens with zero attached hydrogens (tertiary/aromatic N) is 3. The molecule has 0 aliphatic rings. The molecule has 6 nitrogen and oxygen atoms in total. The van der Waals surface area contributed by atoms with Gasteiger partial charge in [0.25, 0.3) is 5.91 Å². The van der Waals surface area contributed by atoms with E-state index in [1.54, 1.807) is 11.0 Å². The maximum atomic E-state index is 12.7. The standard InChI is InChI=1S/C17H29N3O3/c1-6-14(7-2)20-13(5)10-15(18-20)17(23)19(11-12(3)4)9-8-16(21)22/h10,12,14H,6-9,11H2,1-5H3,(H,21,22). The third-order valence-corrected chi connectivity index (χ3v) is 3.90. The Bertz CT molecular complexity index is 533. The second-order valence-corrected chi connectivity index (χ2v) is 6.37. The molecule has 0 saturated carbocycles. The van der Waals surface area contributed by atoms with Crippen molar-refractivity contribution in [3.8, 4) is 0 Å². The molecule has 23 heavy (non-hydrogen) atoms. The first-order valence-corrected chi connectivity index (χ1v) is 8.37. The van der Waals surface area contributed by atoms with Gasteiger partial charge in [-0.05, 0) is 31.7 Å². The number of aliphatic carboxylic acids is 1. The molecular weight excluding hydrogens is 294 g/mol. The number of aromatic nitrogens is 2. The van der Waals surface area contributed by atoms with Crippen LogP contribution in [-0.4, -0.2) is 44.8 Å².